The van der Waals surface area contributed by atoms with Gasteiger partial charge in [-0.25, -0.2) is 0 Å². The van der Waals surface area contributed by atoms with Crippen LogP contribution in [-0.2, 0) is 23.8 Å². The first-order chi connectivity index (χ1) is 10.5. The third-order valence-corrected chi connectivity index (χ3v) is 5.54. The Balaban J connectivity index is 1.57. The number of rotatable bonds is 4. The van der Waals surface area contributed by atoms with E-state index in [0.29, 0.717) is 6.61 Å². The summed E-state index contributed by atoms with van der Waals surface area (Å²) in [5.74, 6) is -0.500. The van der Waals surface area contributed by atoms with Crippen molar-refractivity contribution in [3.63, 3.8) is 0 Å². The summed E-state index contributed by atoms with van der Waals surface area (Å²) in [6, 6.07) is 6.61. The van der Waals surface area contributed by atoms with Crippen molar-refractivity contribution in [2.45, 2.75) is 55.8 Å². The lowest BCUT2D eigenvalue weighted by atomic mass is 9.94. The third-order valence-electron chi connectivity index (χ3n) is 4.25. The standard InChI is InChI=1S/C16H22O5S/c1-13-5-7-15(8-6-13)22(17,18)20-12-14-11-19-16(21-14)9-3-2-4-10-16/h5-8,14H,2-4,9-12H2,1H3. The number of ether oxygens (including phenoxy) is 2. The van der Waals surface area contributed by atoms with Gasteiger partial charge >= 0.3 is 0 Å². The van der Waals surface area contributed by atoms with E-state index in [0.717, 1.165) is 31.2 Å². The molecule has 5 nitrogen and oxygen atoms in total. The Morgan fingerprint density at radius 2 is 1.86 bits per heavy atom. The van der Waals surface area contributed by atoms with Gasteiger partial charge in [0.15, 0.2) is 5.79 Å². The number of benzene rings is 1. The van der Waals surface area contributed by atoms with Crippen LogP contribution in [0, 0.1) is 6.92 Å². The summed E-state index contributed by atoms with van der Waals surface area (Å²) in [6.07, 6.45) is 4.84. The monoisotopic (exact) mass is 326 g/mol. The molecule has 2 fully saturated rings. The topological polar surface area (TPSA) is 61.8 Å². The fourth-order valence-corrected chi connectivity index (χ4v) is 3.93. The molecule has 0 N–H and O–H groups in total. The lowest BCUT2D eigenvalue weighted by molar-refractivity contribution is -0.189. The Kier molecular flexibility index (Phi) is 4.54. The van der Waals surface area contributed by atoms with Gasteiger partial charge in [0.2, 0.25) is 0 Å². The average molecular weight is 326 g/mol. The number of hydrogen-bond acceptors (Lipinski definition) is 5. The van der Waals surface area contributed by atoms with Crippen LogP contribution in [0.4, 0.5) is 0 Å². The zero-order valence-corrected chi connectivity index (χ0v) is 13.6. The van der Waals surface area contributed by atoms with Crippen LogP contribution >= 0.6 is 0 Å². The molecule has 2 aliphatic rings. The molecular formula is C16H22O5S. The highest BCUT2D eigenvalue weighted by Crippen LogP contribution is 2.37. The Morgan fingerprint density at radius 1 is 1.18 bits per heavy atom. The van der Waals surface area contributed by atoms with Gasteiger partial charge in [-0.05, 0) is 31.9 Å². The molecule has 0 aromatic heterocycles. The Hall–Kier alpha value is -0.950. The van der Waals surface area contributed by atoms with Crippen LogP contribution < -0.4 is 0 Å². The largest absolute Gasteiger partial charge is 0.347 e. The fourth-order valence-electron chi connectivity index (χ4n) is 2.99. The molecular weight excluding hydrogens is 304 g/mol. The SMILES string of the molecule is Cc1ccc(S(=O)(=O)OCC2COC3(CCCCC3)O2)cc1. The molecule has 0 bridgehead atoms. The zero-order chi connectivity index (χ0) is 15.6. The van der Waals surface area contributed by atoms with E-state index >= 15 is 0 Å². The Bertz CT molecular complexity index is 602. The second-order valence-electron chi connectivity index (χ2n) is 6.07. The summed E-state index contributed by atoms with van der Waals surface area (Å²) in [5, 5.41) is 0. The maximum atomic E-state index is 12.1. The molecule has 1 aliphatic carbocycles. The minimum Gasteiger partial charge on any atom is -0.347 e. The minimum atomic E-state index is -3.74. The molecule has 1 atom stereocenters. The summed E-state index contributed by atoms with van der Waals surface area (Å²) in [5.41, 5.74) is 1.01. The molecule has 6 heteroatoms. The van der Waals surface area contributed by atoms with Crippen molar-refractivity contribution in [3.05, 3.63) is 29.8 Å². The molecule has 1 aromatic rings. The van der Waals surface area contributed by atoms with E-state index < -0.39 is 15.9 Å². The zero-order valence-electron chi connectivity index (χ0n) is 12.8. The average Bonchev–Trinajstić information content (AvgIpc) is 2.89. The van der Waals surface area contributed by atoms with Gasteiger partial charge in [0.05, 0.1) is 18.1 Å². The predicted octanol–water partition coefficient (Wildman–Crippen LogP) is 2.78. The third kappa shape index (κ3) is 3.51. The van der Waals surface area contributed by atoms with Gasteiger partial charge in [-0.15, -0.1) is 0 Å². The van der Waals surface area contributed by atoms with Gasteiger partial charge in [-0.2, -0.15) is 8.42 Å². The van der Waals surface area contributed by atoms with E-state index in [9.17, 15) is 8.42 Å². The predicted molar refractivity (Wildman–Crippen MR) is 81.0 cm³/mol. The van der Waals surface area contributed by atoms with E-state index in [4.69, 9.17) is 13.7 Å². The highest BCUT2D eigenvalue weighted by atomic mass is 32.2. The Labute approximate surface area is 131 Å². The van der Waals surface area contributed by atoms with Crippen molar-refractivity contribution in [3.8, 4) is 0 Å². The highest BCUT2D eigenvalue weighted by Gasteiger charge is 2.42. The minimum absolute atomic E-state index is 0.00202. The van der Waals surface area contributed by atoms with Crippen LogP contribution in [0.1, 0.15) is 37.7 Å². The smallest absolute Gasteiger partial charge is 0.297 e. The Morgan fingerprint density at radius 3 is 2.55 bits per heavy atom. The van der Waals surface area contributed by atoms with Gasteiger partial charge in [0.1, 0.15) is 6.10 Å². The molecule has 1 saturated carbocycles. The van der Waals surface area contributed by atoms with E-state index in [1.807, 2.05) is 6.92 Å². The first-order valence-electron chi connectivity index (χ1n) is 7.77. The van der Waals surface area contributed by atoms with Crippen LogP contribution in [0.2, 0.25) is 0 Å². The lowest BCUT2D eigenvalue weighted by Crippen LogP contribution is -2.34. The van der Waals surface area contributed by atoms with Gasteiger partial charge in [-0.3, -0.25) is 4.18 Å². The van der Waals surface area contributed by atoms with Gasteiger partial charge in [0, 0.05) is 12.8 Å². The van der Waals surface area contributed by atoms with Crippen LogP contribution in [0.3, 0.4) is 0 Å². The first-order valence-corrected chi connectivity index (χ1v) is 9.18. The lowest BCUT2D eigenvalue weighted by Gasteiger charge is -2.31. The van der Waals surface area contributed by atoms with E-state index in [2.05, 4.69) is 0 Å². The van der Waals surface area contributed by atoms with E-state index in [1.165, 1.54) is 6.42 Å². The first kappa shape index (κ1) is 15.9. The van der Waals surface area contributed by atoms with E-state index in [1.54, 1.807) is 24.3 Å². The fraction of sp³-hybridized carbons (Fsp3) is 0.625. The normalized spacial score (nSPS) is 24.7. The van der Waals surface area contributed by atoms with Crippen molar-refractivity contribution >= 4 is 10.1 Å². The quantitative estimate of drug-likeness (QED) is 0.796. The highest BCUT2D eigenvalue weighted by molar-refractivity contribution is 7.86. The van der Waals surface area contributed by atoms with Crippen molar-refractivity contribution in [1.29, 1.82) is 0 Å². The van der Waals surface area contributed by atoms with Crippen molar-refractivity contribution in [1.82, 2.24) is 0 Å². The molecule has 0 radical (unpaired) electrons. The molecule has 3 rings (SSSR count). The second-order valence-corrected chi connectivity index (χ2v) is 7.69. The van der Waals surface area contributed by atoms with Gasteiger partial charge in [-0.1, -0.05) is 24.1 Å². The number of hydrogen-bond donors (Lipinski definition) is 0. The molecule has 1 saturated heterocycles. The van der Waals surface area contributed by atoms with Crippen molar-refractivity contribution in [2.75, 3.05) is 13.2 Å². The van der Waals surface area contributed by atoms with Crippen LogP contribution in [-0.4, -0.2) is 33.5 Å². The van der Waals surface area contributed by atoms with E-state index in [-0.39, 0.29) is 17.6 Å². The summed E-state index contributed by atoms with van der Waals surface area (Å²) < 4.78 is 41.2. The maximum Gasteiger partial charge on any atom is 0.297 e. The van der Waals surface area contributed by atoms with Gasteiger partial charge < -0.3 is 9.47 Å². The van der Waals surface area contributed by atoms with Crippen molar-refractivity contribution in [2.24, 2.45) is 0 Å². The molecule has 0 amide bonds. The molecule has 1 aromatic carbocycles. The second kappa shape index (κ2) is 6.28. The molecule has 122 valence electrons. The summed E-state index contributed by atoms with van der Waals surface area (Å²) in [7, 11) is -3.74. The summed E-state index contributed by atoms with van der Waals surface area (Å²) >= 11 is 0. The van der Waals surface area contributed by atoms with Gasteiger partial charge in [0.25, 0.3) is 10.1 Å². The molecule has 1 heterocycles. The van der Waals surface area contributed by atoms with Crippen molar-refractivity contribution < 1.29 is 22.1 Å². The summed E-state index contributed by atoms with van der Waals surface area (Å²) in [4.78, 5) is 0.171. The van der Waals surface area contributed by atoms with Crippen LogP contribution in [0.5, 0.6) is 0 Å². The molecule has 1 unspecified atom stereocenters. The number of aryl methyl sites for hydroxylation is 1. The summed E-state index contributed by atoms with van der Waals surface area (Å²) in [6.45, 7) is 2.30. The maximum absolute atomic E-state index is 12.1. The van der Waals surface area contributed by atoms with Crippen LogP contribution in [0.15, 0.2) is 29.2 Å². The molecule has 1 spiro atoms. The molecule has 22 heavy (non-hydrogen) atoms. The molecule has 1 aliphatic heterocycles. The van der Waals surface area contributed by atoms with Crippen LogP contribution in [0.25, 0.3) is 0 Å².